The van der Waals surface area contributed by atoms with Crippen LogP contribution < -0.4 is 0 Å². The second-order valence-electron chi connectivity index (χ2n) is 6.62. The highest BCUT2D eigenvalue weighted by molar-refractivity contribution is 5.37. The van der Waals surface area contributed by atoms with Crippen LogP contribution >= 0.6 is 0 Å². The molecular weight excluding hydrogens is 240 g/mol. The summed E-state index contributed by atoms with van der Waals surface area (Å²) in [6.07, 6.45) is 5.55. The average Bonchev–Trinajstić information content (AvgIpc) is 2.71. The molecule has 1 unspecified atom stereocenters. The Morgan fingerprint density at radius 2 is 2.26 bits per heavy atom. The van der Waals surface area contributed by atoms with Gasteiger partial charge < -0.3 is 4.74 Å². The van der Waals surface area contributed by atoms with Gasteiger partial charge in [0.2, 0.25) is 0 Å². The lowest BCUT2D eigenvalue weighted by Crippen LogP contribution is -2.23. The van der Waals surface area contributed by atoms with Crippen LogP contribution in [-0.4, -0.2) is 22.8 Å². The van der Waals surface area contributed by atoms with Gasteiger partial charge in [-0.15, -0.1) is 0 Å². The predicted octanol–water partition coefficient (Wildman–Crippen LogP) is 2.98. The van der Waals surface area contributed by atoms with Crippen molar-refractivity contribution < 1.29 is 9.53 Å². The van der Waals surface area contributed by atoms with Crippen molar-refractivity contribution >= 4 is 6.47 Å². The number of H-pyrrole nitrogens is 1. The molecule has 1 heterocycles. The molecule has 0 amide bonds. The van der Waals surface area contributed by atoms with E-state index in [0.717, 1.165) is 30.1 Å². The molecule has 1 saturated carbocycles. The Hall–Kier alpha value is -1.32. The van der Waals surface area contributed by atoms with Crippen LogP contribution in [0.5, 0.6) is 0 Å². The smallest absolute Gasteiger partial charge is 0.293 e. The van der Waals surface area contributed by atoms with Crippen LogP contribution in [0.3, 0.4) is 0 Å². The number of carbonyl (C=O) groups excluding carboxylic acids is 1. The van der Waals surface area contributed by atoms with Gasteiger partial charge in [0.25, 0.3) is 6.47 Å². The van der Waals surface area contributed by atoms with Gasteiger partial charge in [0, 0.05) is 17.5 Å². The lowest BCUT2D eigenvalue weighted by molar-refractivity contribution is -0.134. The summed E-state index contributed by atoms with van der Waals surface area (Å²) in [4.78, 5) is 10.6. The second-order valence-corrected chi connectivity index (χ2v) is 6.62. The van der Waals surface area contributed by atoms with E-state index in [1.807, 2.05) is 0 Å². The van der Waals surface area contributed by atoms with Crippen molar-refractivity contribution in [1.82, 2.24) is 10.2 Å². The number of nitrogens with one attached hydrogen (secondary N) is 1. The third-order valence-electron chi connectivity index (χ3n) is 3.92. The summed E-state index contributed by atoms with van der Waals surface area (Å²) in [6.45, 7) is 6.99. The van der Waals surface area contributed by atoms with Crippen molar-refractivity contribution in [3.8, 4) is 0 Å². The predicted molar refractivity (Wildman–Crippen MR) is 73.9 cm³/mol. The Balaban J connectivity index is 1.95. The van der Waals surface area contributed by atoms with Gasteiger partial charge in [-0.25, -0.2) is 0 Å². The molecule has 0 bridgehead atoms. The average molecular weight is 264 g/mol. The molecule has 0 spiro atoms. The summed E-state index contributed by atoms with van der Waals surface area (Å²) in [5, 5.41) is 7.41. The fourth-order valence-electron chi connectivity index (χ4n) is 2.46. The Bertz CT molecular complexity index is 416. The normalized spacial score (nSPS) is 17.8. The van der Waals surface area contributed by atoms with E-state index in [2.05, 4.69) is 37.0 Å². The van der Waals surface area contributed by atoms with Gasteiger partial charge in [0.05, 0.1) is 5.69 Å². The molecule has 1 atom stereocenters. The Kier molecular flexibility index (Phi) is 4.27. The molecule has 0 aromatic carbocycles. The largest absolute Gasteiger partial charge is 0.464 e. The number of hydrogen-bond donors (Lipinski definition) is 1. The lowest BCUT2D eigenvalue weighted by Gasteiger charge is -2.28. The maximum absolute atomic E-state index is 10.6. The summed E-state index contributed by atoms with van der Waals surface area (Å²) < 4.78 is 5.22. The van der Waals surface area contributed by atoms with Gasteiger partial charge in [0.1, 0.15) is 6.10 Å². The highest BCUT2D eigenvalue weighted by Gasteiger charge is 2.24. The van der Waals surface area contributed by atoms with Crippen molar-refractivity contribution in [2.24, 2.45) is 5.92 Å². The molecule has 1 aromatic rings. The number of hydrogen-bond acceptors (Lipinski definition) is 3. The van der Waals surface area contributed by atoms with Crippen molar-refractivity contribution in [2.75, 3.05) is 0 Å². The van der Waals surface area contributed by atoms with Gasteiger partial charge in [-0.1, -0.05) is 40.0 Å². The van der Waals surface area contributed by atoms with E-state index in [1.165, 1.54) is 19.3 Å². The SMILES string of the molecule is CC(C)(C)c1cc(CC(CC2CCC2)OC=O)[nH]n1. The van der Waals surface area contributed by atoms with Gasteiger partial charge in [-0.05, 0) is 18.4 Å². The fraction of sp³-hybridized carbons (Fsp3) is 0.733. The Labute approximate surface area is 114 Å². The molecule has 2 rings (SSSR count). The number of nitrogens with zero attached hydrogens (tertiary/aromatic N) is 1. The molecule has 106 valence electrons. The van der Waals surface area contributed by atoms with Crippen LogP contribution in [0.1, 0.15) is 57.8 Å². The maximum atomic E-state index is 10.6. The lowest BCUT2D eigenvalue weighted by atomic mass is 9.81. The molecule has 4 heteroatoms. The molecule has 0 aliphatic heterocycles. The van der Waals surface area contributed by atoms with Crippen LogP contribution in [0.4, 0.5) is 0 Å². The minimum absolute atomic E-state index is 0.0175. The number of carbonyl (C=O) groups is 1. The molecule has 19 heavy (non-hydrogen) atoms. The maximum Gasteiger partial charge on any atom is 0.293 e. The van der Waals surface area contributed by atoms with Crippen LogP contribution in [0.25, 0.3) is 0 Å². The first-order valence-corrected chi connectivity index (χ1v) is 7.13. The van der Waals surface area contributed by atoms with Gasteiger partial charge >= 0.3 is 0 Å². The van der Waals surface area contributed by atoms with Gasteiger partial charge in [-0.2, -0.15) is 5.10 Å². The molecule has 1 fully saturated rings. The zero-order chi connectivity index (χ0) is 13.9. The first-order chi connectivity index (χ1) is 8.99. The van der Waals surface area contributed by atoms with E-state index in [0.29, 0.717) is 6.47 Å². The highest BCUT2D eigenvalue weighted by Crippen LogP contribution is 2.32. The van der Waals surface area contributed by atoms with E-state index < -0.39 is 0 Å². The van der Waals surface area contributed by atoms with Crippen molar-refractivity contribution in [2.45, 2.75) is 64.4 Å². The van der Waals surface area contributed by atoms with E-state index in [4.69, 9.17) is 4.74 Å². The van der Waals surface area contributed by atoms with E-state index in [-0.39, 0.29) is 11.5 Å². The summed E-state index contributed by atoms with van der Waals surface area (Å²) in [5.74, 6) is 0.731. The minimum atomic E-state index is -0.0175. The minimum Gasteiger partial charge on any atom is -0.464 e. The summed E-state index contributed by atoms with van der Waals surface area (Å²) in [6, 6.07) is 2.09. The van der Waals surface area contributed by atoms with Crippen molar-refractivity contribution in [3.05, 3.63) is 17.5 Å². The first kappa shape index (κ1) is 14.1. The molecule has 4 nitrogen and oxygen atoms in total. The molecule has 1 aliphatic rings. The second kappa shape index (κ2) is 5.76. The van der Waals surface area contributed by atoms with Crippen LogP contribution in [0, 0.1) is 5.92 Å². The first-order valence-electron chi connectivity index (χ1n) is 7.13. The zero-order valence-corrected chi connectivity index (χ0v) is 12.1. The third-order valence-corrected chi connectivity index (χ3v) is 3.92. The number of aromatic nitrogens is 2. The van der Waals surface area contributed by atoms with Crippen molar-refractivity contribution in [1.29, 1.82) is 0 Å². The molecule has 0 radical (unpaired) electrons. The summed E-state index contributed by atoms with van der Waals surface area (Å²) >= 11 is 0. The van der Waals surface area contributed by atoms with E-state index >= 15 is 0 Å². The highest BCUT2D eigenvalue weighted by atomic mass is 16.5. The zero-order valence-electron chi connectivity index (χ0n) is 12.1. The molecule has 1 aromatic heterocycles. The molecule has 0 saturated heterocycles. The number of ether oxygens (including phenoxy) is 1. The van der Waals surface area contributed by atoms with Gasteiger partial charge in [0.15, 0.2) is 0 Å². The van der Waals surface area contributed by atoms with Crippen molar-refractivity contribution in [3.63, 3.8) is 0 Å². The van der Waals surface area contributed by atoms with E-state index in [9.17, 15) is 4.79 Å². The van der Waals surface area contributed by atoms with Gasteiger partial charge in [-0.3, -0.25) is 9.89 Å². The topological polar surface area (TPSA) is 55.0 Å². The Morgan fingerprint density at radius 3 is 2.74 bits per heavy atom. The van der Waals surface area contributed by atoms with E-state index in [1.54, 1.807) is 0 Å². The number of aromatic amines is 1. The third kappa shape index (κ3) is 3.82. The Morgan fingerprint density at radius 1 is 1.53 bits per heavy atom. The molecule has 1 aliphatic carbocycles. The molecular formula is C15H24N2O2. The molecule has 1 N–H and O–H groups in total. The van der Waals surface area contributed by atoms with Crippen LogP contribution in [0.2, 0.25) is 0 Å². The standard InChI is InChI=1S/C15H24N2O2/c1-15(2,3)14-9-12(16-17-14)8-13(19-10-18)7-11-5-4-6-11/h9-11,13H,4-8H2,1-3H3,(H,16,17). The van der Waals surface area contributed by atoms with Crippen LogP contribution in [-0.2, 0) is 21.4 Å². The number of rotatable bonds is 6. The quantitative estimate of drug-likeness (QED) is 0.804. The monoisotopic (exact) mass is 264 g/mol. The summed E-state index contributed by atoms with van der Waals surface area (Å²) in [7, 11) is 0. The fourth-order valence-corrected chi connectivity index (χ4v) is 2.46. The summed E-state index contributed by atoms with van der Waals surface area (Å²) in [5.41, 5.74) is 2.15. The van der Waals surface area contributed by atoms with Crippen LogP contribution in [0.15, 0.2) is 6.07 Å².